The van der Waals surface area contributed by atoms with E-state index in [1.54, 1.807) is 23.9 Å². The molecule has 1 N–H and O–H groups in total. The van der Waals surface area contributed by atoms with Crippen molar-refractivity contribution >= 4 is 24.2 Å². The first-order valence-corrected chi connectivity index (χ1v) is 7.18. The molecule has 1 aliphatic heterocycles. The smallest absolute Gasteiger partial charge is 0.241 e. The van der Waals surface area contributed by atoms with Gasteiger partial charge in [0, 0.05) is 32.6 Å². The zero-order valence-electron chi connectivity index (χ0n) is 13.0. The Labute approximate surface area is 128 Å². The van der Waals surface area contributed by atoms with E-state index in [1.807, 2.05) is 6.92 Å². The van der Waals surface area contributed by atoms with Crippen LogP contribution in [0.15, 0.2) is 0 Å². The van der Waals surface area contributed by atoms with Gasteiger partial charge in [0.15, 0.2) is 0 Å². The molecule has 118 valence electrons. The quantitative estimate of drug-likeness (QED) is 0.828. The Morgan fingerprint density at radius 2 is 1.95 bits per heavy atom. The summed E-state index contributed by atoms with van der Waals surface area (Å²) < 4.78 is 0. The van der Waals surface area contributed by atoms with E-state index >= 15 is 0 Å². The average molecular weight is 306 g/mol. The van der Waals surface area contributed by atoms with Gasteiger partial charge in [-0.2, -0.15) is 0 Å². The van der Waals surface area contributed by atoms with E-state index in [2.05, 4.69) is 12.2 Å². The zero-order valence-corrected chi connectivity index (χ0v) is 13.8. The predicted molar refractivity (Wildman–Crippen MR) is 83.0 cm³/mol. The Hall–Kier alpha value is -0.810. The van der Waals surface area contributed by atoms with Crippen LogP contribution in [-0.2, 0) is 9.59 Å². The third-order valence-corrected chi connectivity index (χ3v) is 3.60. The van der Waals surface area contributed by atoms with Crippen LogP contribution in [0, 0.1) is 5.92 Å². The highest BCUT2D eigenvalue weighted by molar-refractivity contribution is 5.86. The molecule has 0 aromatic rings. The van der Waals surface area contributed by atoms with Gasteiger partial charge >= 0.3 is 0 Å². The van der Waals surface area contributed by atoms with Crippen molar-refractivity contribution in [2.24, 2.45) is 5.92 Å². The van der Waals surface area contributed by atoms with E-state index in [9.17, 15) is 9.59 Å². The molecular formula is C14H28ClN3O2. The molecule has 1 rings (SSSR count). The maximum absolute atomic E-state index is 12.5. The predicted octanol–water partition coefficient (Wildman–Crippen LogP) is 1.12. The summed E-state index contributed by atoms with van der Waals surface area (Å²) >= 11 is 0. The SMILES string of the molecule is CCCN(CC(=O)N(C)C)C(=O)[C@H]1CCN[C@@H](C)C1.Cl. The highest BCUT2D eigenvalue weighted by atomic mass is 35.5. The molecule has 2 atom stereocenters. The summed E-state index contributed by atoms with van der Waals surface area (Å²) in [5.41, 5.74) is 0. The van der Waals surface area contributed by atoms with E-state index in [0.717, 1.165) is 25.8 Å². The molecule has 0 bridgehead atoms. The lowest BCUT2D eigenvalue weighted by atomic mass is 9.92. The molecule has 1 saturated heterocycles. The molecule has 0 aromatic heterocycles. The molecule has 0 aliphatic carbocycles. The molecule has 6 heteroatoms. The van der Waals surface area contributed by atoms with Gasteiger partial charge in [0.2, 0.25) is 11.8 Å². The first-order valence-electron chi connectivity index (χ1n) is 7.18. The van der Waals surface area contributed by atoms with Crippen LogP contribution in [0.4, 0.5) is 0 Å². The maximum atomic E-state index is 12.5. The zero-order chi connectivity index (χ0) is 14.4. The Balaban J connectivity index is 0.00000361. The van der Waals surface area contributed by atoms with Gasteiger partial charge < -0.3 is 15.1 Å². The number of amides is 2. The van der Waals surface area contributed by atoms with Crippen LogP contribution in [0.5, 0.6) is 0 Å². The highest BCUT2D eigenvalue weighted by Gasteiger charge is 2.29. The molecule has 1 fully saturated rings. The van der Waals surface area contributed by atoms with Crippen LogP contribution in [0.3, 0.4) is 0 Å². The third kappa shape index (κ3) is 5.67. The van der Waals surface area contributed by atoms with Crippen LogP contribution >= 0.6 is 12.4 Å². The van der Waals surface area contributed by atoms with Gasteiger partial charge in [0.1, 0.15) is 0 Å². The van der Waals surface area contributed by atoms with Crippen molar-refractivity contribution in [1.29, 1.82) is 0 Å². The molecule has 5 nitrogen and oxygen atoms in total. The summed E-state index contributed by atoms with van der Waals surface area (Å²) in [4.78, 5) is 27.6. The number of likely N-dealkylation sites (N-methyl/N-ethyl adjacent to an activating group) is 1. The lowest BCUT2D eigenvalue weighted by molar-refractivity contribution is -0.142. The van der Waals surface area contributed by atoms with Crippen molar-refractivity contribution in [1.82, 2.24) is 15.1 Å². The van der Waals surface area contributed by atoms with Crippen molar-refractivity contribution in [2.75, 3.05) is 33.7 Å². The number of halogens is 1. The summed E-state index contributed by atoms with van der Waals surface area (Å²) in [6.07, 6.45) is 2.63. The van der Waals surface area contributed by atoms with Crippen LogP contribution in [0.2, 0.25) is 0 Å². The standard InChI is InChI=1S/C14H27N3O2.ClH/c1-5-8-17(10-13(18)16(3)4)14(19)12-6-7-15-11(2)9-12;/h11-12,15H,5-10H2,1-4H3;1H/t11-,12-;/m0./s1. The minimum Gasteiger partial charge on any atom is -0.347 e. The summed E-state index contributed by atoms with van der Waals surface area (Å²) in [6.45, 7) is 5.90. The molecule has 2 amide bonds. The van der Waals surface area contributed by atoms with E-state index in [1.165, 1.54) is 0 Å². The fraction of sp³-hybridized carbons (Fsp3) is 0.857. The summed E-state index contributed by atoms with van der Waals surface area (Å²) in [6, 6.07) is 0.385. The molecule has 0 unspecified atom stereocenters. The maximum Gasteiger partial charge on any atom is 0.241 e. The Bertz CT molecular complexity index is 324. The fourth-order valence-electron chi connectivity index (χ4n) is 2.46. The van der Waals surface area contributed by atoms with Gasteiger partial charge in [-0.25, -0.2) is 0 Å². The van der Waals surface area contributed by atoms with E-state index in [-0.39, 0.29) is 36.7 Å². The van der Waals surface area contributed by atoms with E-state index in [4.69, 9.17) is 0 Å². The number of piperidine rings is 1. The Kier molecular flexibility index (Phi) is 8.81. The lowest BCUT2D eigenvalue weighted by Crippen LogP contribution is -2.47. The molecule has 0 spiro atoms. The second kappa shape index (κ2) is 9.19. The summed E-state index contributed by atoms with van der Waals surface area (Å²) in [7, 11) is 3.45. The second-order valence-corrected chi connectivity index (χ2v) is 5.62. The van der Waals surface area contributed by atoms with Crippen LogP contribution in [0.1, 0.15) is 33.1 Å². The van der Waals surface area contributed by atoms with Gasteiger partial charge in [-0.3, -0.25) is 9.59 Å². The van der Waals surface area contributed by atoms with Crippen LogP contribution in [-0.4, -0.2) is 61.4 Å². The van der Waals surface area contributed by atoms with Crippen molar-refractivity contribution in [3.63, 3.8) is 0 Å². The average Bonchev–Trinajstić information content (AvgIpc) is 2.37. The van der Waals surface area contributed by atoms with Crippen molar-refractivity contribution in [3.05, 3.63) is 0 Å². The fourth-order valence-corrected chi connectivity index (χ4v) is 2.46. The first kappa shape index (κ1) is 19.2. The molecule has 0 radical (unpaired) electrons. The minimum atomic E-state index is -0.0104. The number of rotatable bonds is 5. The topological polar surface area (TPSA) is 52.7 Å². The summed E-state index contributed by atoms with van der Waals surface area (Å²) in [5, 5.41) is 3.35. The van der Waals surface area contributed by atoms with Crippen LogP contribution < -0.4 is 5.32 Å². The van der Waals surface area contributed by atoms with Gasteiger partial charge in [-0.05, 0) is 32.7 Å². The first-order chi connectivity index (χ1) is 8.95. The molecule has 1 aliphatic rings. The number of hydrogen-bond acceptors (Lipinski definition) is 3. The number of nitrogens with zero attached hydrogens (tertiary/aromatic N) is 2. The normalized spacial score (nSPS) is 21.8. The Morgan fingerprint density at radius 3 is 2.45 bits per heavy atom. The second-order valence-electron chi connectivity index (χ2n) is 5.62. The van der Waals surface area contributed by atoms with Gasteiger partial charge in [0.05, 0.1) is 6.54 Å². The summed E-state index contributed by atoms with van der Waals surface area (Å²) in [5.74, 6) is 0.201. The molecule has 0 saturated carbocycles. The van der Waals surface area contributed by atoms with Crippen LogP contribution in [0.25, 0.3) is 0 Å². The van der Waals surface area contributed by atoms with E-state index < -0.39 is 0 Å². The molecule has 20 heavy (non-hydrogen) atoms. The van der Waals surface area contributed by atoms with E-state index in [0.29, 0.717) is 12.6 Å². The Morgan fingerprint density at radius 1 is 1.30 bits per heavy atom. The number of nitrogens with one attached hydrogen (secondary N) is 1. The van der Waals surface area contributed by atoms with Gasteiger partial charge in [-0.15, -0.1) is 12.4 Å². The van der Waals surface area contributed by atoms with Crippen molar-refractivity contribution < 1.29 is 9.59 Å². The largest absolute Gasteiger partial charge is 0.347 e. The molecular weight excluding hydrogens is 278 g/mol. The number of carbonyl (C=O) groups excluding carboxylic acids is 2. The lowest BCUT2D eigenvalue weighted by Gasteiger charge is -2.32. The minimum absolute atomic E-state index is 0. The number of carbonyl (C=O) groups is 2. The van der Waals surface area contributed by atoms with Gasteiger partial charge in [0.25, 0.3) is 0 Å². The monoisotopic (exact) mass is 305 g/mol. The highest BCUT2D eigenvalue weighted by Crippen LogP contribution is 2.19. The molecule has 0 aromatic carbocycles. The third-order valence-electron chi connectivity index (χ3n) is 3.60. The van der Waals surface area contributed by atoms with Crippen molar-refractivity contribution in [2.45, 2.75) is 39.2 Å². The van der Waals surface area contributed by atoms with Crippen molar-refractivity contribution in [3.8, 4) is 0 Å². The number of hydrogen-bond donors (Lipinski definition) is 1. The van der Waals surface area contributed by atoms with Gasteiger partial charge in [-0.1, -0.05) is 6.92 Å². The molecule has 1 heterocycles.